The van der Waals surface area contributed by atoms with Crippen LogP contribution in [-0.2, 0) is 0 Å². The molecule has 0 aliphatic carbocycles. The van der Waals surface area contributed by atoms with E-state index in [4.69, 9.17) is 4.74 Å². The van der Waals surface area contributed by atoms with Crippen LogP contribution < -0.4 is 10.1 Å². The van der Waals surface area contributed by atoms with Gasteiger partial charge in [-0.2, -0.15) is 0 Å². The Morgan fingerprint density at radius 2 is 1.71 bits per heavy atom. The SMILES string of the molecule is CCOc1ccc(NC(C)c2c(F)cccc2F)cc1F. The summed E-state index contributed by atoms with van der Waals surface area (Å²) in [5, 5.41) is 2.87. The van der Waals surface area contributed by atoms with E-state index in [1.54, 1.807) is 19.9 Å². The summed E-state index contributed by atoms with van der Waals surface area (Å²) in [5.41, 5.74) is 0.345. The number of halogens is 3. The average molecular weight is 295 g/mol. The highest BCUT2D eigenvalue weighted by Crippen LogP contribution is 2.27. The molecule has 2 rings (SSSR count). The van der Waals surface area contributed by atoms with E-state index in [0.717, 1.165) is 0 Å². The molecule has 0 heterocycles. The van der Waals surface area contributed by atoms with Gasteiger partial charge >= 0.3 is 0 Å². The Morgan fingerprint density at radius 3 is 2.29 bits per heavy atom. The van der Waals surface area contributed by atoms with Crippen LogP contribution in [0.5, 0.6) is 5.75 Å². The van der Waals surface area contributed by atoms with Gasteiger partial charge in [0.15, 0.2) is 11.6 Å². The minimum atomic E-state index is -0.638. The molecule has 0 amide bonds. The summed E-state index contributed by atoms with van der Waals surface area (Å²) in [5.74, 6) is -1.65. The van der Waals surface area contributed by atoms with Crippen LogP contribution in [0, 0.1) is 17.5 Å². The number of nitrogens with one attached hydrogen (secondary N) is 1. The van der Waals surface area contributed by atoms with Crippen LogP contribution in [0.15, 0.2) is 36.4 Å². The van der Waals surface area contributed by atoms with Gasteiger partial charge in [0.2, 0.25) is 0 Å². The van der Waals surface area contributed by atoms with Gasteiger partial charge in [0.25, 0.3) is 0 Å². The smallest absolute Gasteiger partial charge is 0.167 e. The van der Waals surface area contributed by atoms with Crippen LogP contribution in [-0.4, -0.2) is 6.61 Å². The van der Waals surface area contributed by atoms with Crippen molar-refractivity contribution in [2.24, 2.45) is 0 Å². The van der Waals surface area contributed by atoms with Crippen molar-refractivity contribution >= 4 is 5.69 Å². The molecule has 1 N–H and O–H groups in total. The second-order valence-electron chi connectivity index (χ2n) is 4.58. The first-order chi connectivity index (χ1) is 10.0. The van der Waals surface area contributed by atoms with Gasteiger partial charge in [-0.1, -0.05) is 6.07 Å². The maximum atomic E-state index is 13.7. The third-order valence-corrected chi connectivity index (χ3v) is 3.05. The maximum absolute atomic E-state index is 13.7. The summed E-state index contributed by atoms with van der Waals surface area (Å²) >= 11 is 0. The fraction of sp³-hybridized carbons (Fsp3) is 0.250. The van der Waals surface area contributed by atoms with E-state index in [0.29, 0.717) is 12.3 Å². The monoisotopic (exact) mass is 295 g/mol. The Balaban J connectivity index is 2.20. The van der Waals surface area contributed by atoms with Crippen LogP contribution in [0.1, 0.15) is 25.5 Å². The van der Waals surface area contributed by atoms with Crippen molar-refractivity contribution in [3.8, 4) is 5.75 Å². The molecule has 0 aromatic heterocycles. The van der Waals surface area contributed by atoms with Gasteiger partial charge in [0, 0.05) is 17.3 Å². The van der Waals surface area contributed by atoms with Crippen molar-refractivity contribution in [2.75, 3.05) is 11.9 Å². The third-order valence-electron chi connectivity index (χ3n) is 3.05. The molecule has 21 heavy (non-hydrogen) atoms. The van der Waals surface area contributed by atoms with Crippen molar-refractivity contribution in [3.05, 3.63) is 59.4 Å². The highest BCUT2D eigenvalue weighted by atomic mass is 19.1. The first-order valence-electron chi connectivity index (χ1n) is 6.65. The molecule has 112 valence electrons. The topological polar surface area (TPSA) is 21.3 Å². The van der Waals surface area contributed by atoms with Crippen LogP contribution in [0.2, 0.25) is 0 Å². The quantitative estimate of drug-likeness (QED) is 0.865. The Bertz CT molecular complexity index is 611. The van der Waals surface area contributed by atoms with Gasteiger partial charge in [-0.3, -0.25) is 0 Å². The predicted molar refractivity (Wildman–Crippen MR) is 76.0 cm³/mol. The predicted octanol–water partition coefficient (Wildman–Crippen LogP) is 4.68. The second kappa shape index (κ2) is 6.52. The standard InChI is InChI=1S/C16H16F3NO/c1-3-21-15-8-7-11(9-14(15)19)20-10(2)16-12(17)5-4-6-13(16)18/h4-10,20H,3H2,1-2H3. The molecule has 0 saturated carbocycles. The highest BCUT2D eigenvalue weighted by molar-refractivity contribution is 5.49. The van der Waals surface area contributed by atoms with Crippen molar-refractivity contribution < 1.29 is 17.9 Å². The molecular weight excluding hydrogens is 279 g/mol. The number of anilines is 1. The molecule has 1 atom stereocenters. The van der Waals surface area contributed by atoms with E-state index in [9.17, 15) is 13.2 Å². The van der Waals surface area contributed by atoms with E-state index < -0.39 is 23.5 Å². The van der Waals surface area contributed by atoms with Crippen LogP contribution in [0.25, 0.3) is 0 Å². The molecule has 2 aromatic carbocycles. The Labute approximate surface area is 121 Å². The van der Waals surface area contributed by atoms with Crippen LogP contribution in [0.4, 0.5) is 18.9 Å². The second-order valence-corrected chi connectivity index (χ2v) is 4.58. The molecule has 2 aromatic rings. The summed E-state index contributed by atoms with van der Waals surface area (Å²) < 4.78 is 46.2. The molecule has 0 fully saturated rings. The third kappa shape index (κ3) is 3.48. The number of ether oxygens (including phenoxy) is 1. The van der Waals surface area contributed by atoms with Gasteiger partial charge in [-0.15, -0.1) is 0 Å². The van der Waals surface area contributed by atoms with E-state index in [1.807, 2.05) is 0 Å². The minimum absolute atomic E-state index is 0.0770. The summed E-state index contributed by atoms with van der Waals surface area (Å²) in [6.45, 7) is 3.73. The Kier molecular flexibility index (Phi) is 4.73. The van der Waals surface area contributed by atoms with E-state index in [-0.39, 0.29) is 11.3 Å². The van der Waals surface area contributed by atoms with Crippen molar-refractivity contribution in [1.29, 1.82) is 0 Å². The van der Waals surface area contributed by atoms with Gasteiger partial charge < -0.3 is 10.1 Å². The lowest BCUT2D eigenvalue weighted by Gasteiger charge is -2.17. The summed E-state index contributed by atoms with van der Waals surface area (Å²) in [7, 11) is 0. The van der Waals surface area contributed by atoms with Gasteiger partial charge in [0.1, 0.15) is 11.6 Å². The lowest BCUT2D eigenvalue weighted by Crippen LogP contribution is -2.11. The summed E-state index contributed by atoms with van der Waals surface area (Å²) in [4.78, 5) is 0. The molecule has 5 heteroatoms. The first kappa shape index (κ1) is 15.2. The highest BCUT2D eigenvalue weighted by Gasteiger charge is 2.16. The molecule has 0 bridgehead atoms. The van der Waals surface area contributed by atoms with Crippen molar-refractivity contribution in [1.82, 2.24) is 0 Å². The normalized spacial score (nSPS) is 12.0. The number of hydrogen-bond donors (Lipinski definition) is 1. The van der Waals surface area contributed by atoms with E-state index in [2.05, 4.69) is 5.32 Å². The zero-order chi connectivity index (χ0) is 15.4. The van der Waals surface area contributed by atoms with Crippen molar-refractivity contribution in [2.45, 2.75) is 19.9 Å². The summed E-state index contributed by atoms with van der Waals surface area (Å²) in [6, 6.07) is 7.36. The van der Waals surface area contributed by atoms with Crippen molar-refractivity contribution in [3.63, 3.8) is 0 Å². The molecule has 0 saturated heterocycles. The maximum Gasteiger partial charge on any atom is 0.167 e. The fourth-order valence-electron chi connectivity index (χ4n) is 2.11. The zero-order valence-electron chi connectivity index (χ0n) is 11.8. The van der Waals surface area contributed by atoms with Crippen LogP contribution in [0.3, 0.4) is 0 Å². The molecule has 0 radical (unpaired) electrons. The zero-order valence-corrected chi connectivity index (χ0v) is 11.8. The number of hydrogen-bond acceptors (Lipinski definition) is 2. The lowest BCUT2D eigenvalue weighted by molar-refractivity contribution is 0.321. The number of benzene rings is 2. The van der Waals surface area contributed by atoms with E-state index in [1.165, 1.54) is 30.3 Å². The van der Waals surface area contributed by atoms with Crippen LogP contribution >= 0.6 is 0 Å². The molecule has 0 spiro atoms. The Morgan fingerprint density at radius 1 is 1.05 bits per heavy atom. The molecular formula is C16H16F3NO. The summed E-state index contributed by atoms with van der Waals surface area (Å²) in [6.07, 6.45) is 0. The molecule has 2 nitrogen and oxygen atoms in total. The average Bonchev–Trinajstić information content (AvgIpc) is 2.42. The minimum Gasteiger partial charge on any atom is -0.491 e. The van der Waals surface area contributed by atoms with Gasteiger partial charge in [0.05, 0.1) is 12.6 Å². The fourth-order valence-corrected chi connectivity index (χ4v) is 2.11. The molecule has 0 aliphatic heterocycles. The van der Waals surface area contributed by atoms with Gasteiger partial charge in [-0.05, 0) is 38.1 Å². The largest absolute Gasteiger partial charge is 0.491 e. The Hall–Kier alpha value is -2.17. The molecule has 0 aliphatic rings. The lowest BCUT2D eigenvalue weighted by atomic mass is 10.1. The van der Waals surface area contributed by atoms with E-state index >= 15 is 0 Å². The first-order valence-corrected chi connectivity index (χ1v) is 6.65. The number of rotatable bonds is 5. The molecule has 1 unspecified atom stereocenters. The van der Waals surface area contributed by atoms with Gasteiger partial charge in [-0.25, -0.2) is 13.2 Å².